The predicted octanol–water partition coefficient (Wildman–Crippen LogP) is 3.90. The summed E-state index contributed by atoms with van der Waals surface area (Å²) < 4.78 is 27.4. The fourth-order valence-corrected chi connectivity index (χ4v) is 4.28. The van der Waals surface area contributed by atoms with Crippen molar-refractivity contribution in [1.29, 1.82) is 0 Å². The summed E-state index contributed by atoms with van der Waals surface area (Å²) in [7, 11) is -4.01. The number of rotatable bonds is 7. The van der Waals surface area contributed by atoms with Crippen LogP contribution >= 0.6 is 23.2 Å². The van der Waals surface area contributed by atoms with Crippen molar-refractivity contribution in [2.45, 2.75) is 11.4 Å². The molecule has 3 rings (SSSR count). The minimum atomic E-state index is -4.01. The zero-order valence-corrected chi connectivity index (χ0v) is 17.5. The summed E-state index contributed by atoms with van der Waals surface area (Å²) in [6.07, 6.45) is 1.61. The number of amides is 1. The number of hydrogen-bond acceptors (Lipinski definition) is 4. The van der Waals surface area contributed by atoms with Crippen molar-refractivity contribution < 1.29 is 13.2 Å². The van der Waals surface area contributed by atoms with E-state index in [-0.39, 0.29) is 27.2 Å². The van der Waals surface area contributed by atoms with E-state index >= 15 is 0 Å². The number of nitrogens with one attached hydrogen (secondary N) is 1. The molecule has 1 heterocycles. The number of carbonyl (C=O) groups excluding carboxylic acids is 1. The molecule has 0 bridgehead atoms. The normalized spacial score (nSPS) is 11.1. The van der Waals surface area contributed by atoms with Crippen LogP contribution in [0.2, 0.25) is 10.0 Å². The lowest BCUT2D eigenvalue weighted by molar-refractivity contribution is -0.119. The second-order valence-electron chi connectivity index (χ2n) is 6.02. The Hall–Kier alpha value is -2.61. The molecule has 0 aliphatic rings. The van der Waals surface area contributed by atoms with Crippen LogP contribution in [0.3, 0.4) is 0 Å². The van der Waals surface area contributed by atoms with Crippen LogP contribution in [0.15, 0.2) is 77.8 Å². The van der Waals surface area contributed by atoms with Gasteiger partial charge in [-0.15, -0.1) is 0 Å². The molecule has 0 spiro atoms. The second-order valence-corrected chi connectivity index (χ2v) is 8.70. The standard InChI is InChI=1S/C20H17Cl2N3O3S/c21-18-10-9-16(12-19(18)22)25(29(27,28)17-7-2-1-3-8-17)14-20(26)24-13-15-6-4-5-11-23-15/h1-12H,13-14H2,(H,24,26). The molecule has 2 aromatic carbocycles. The average molecular weight is 450 g/mol. The number of aromatic nitrogens is 1. The molecule has 0 atom stereocenters. The minimum absolute atomic E-state index is 0.0589. The number of nitrogens with zero attached hydrogens (tertiary/aromatic N) is 2. The third kappa shape index (κ3) is 5.26. The number of halogens is 2. The molecule has 0 unspecified atom stereocenters. The zero-order valence-electron chi connectivity index (χ0n) is 15.1. The molecule has 6 nitrogen and oxygen atoms in total. The van der Waals surface area contributed by atoms with E-state index in [0.717, 1.165) is 4.31 Å². The molecule has 29 heavy (non-hydrogen) atoms. The Bertz CT molecular complexity index is 1090. The van der Waals surface area contributed by atoms with E-state index < -0.39 is 22.5 Å². The van der Waals surface area contributed by atoms with Crippen molar-refractivity contribution in [3.8, 4) is 0 Å². The van der Waals surface area contributed by atoms with Crippen molar-refractivity contribution in [3.05, 3.63) is 88.7 Å². The highest BCUT2D eigenvalue weighted by Crippen LogP contribution is 2.30. The SMILES string of the molecule is O=C(CN(c1ccc(Cl)c(Cl)c1)S(=O)(=O)c1ccccc1)NCc1ccccn1. The third-order valence-electron chi connectivity index (χ3n) is 4.00. The van der Waals surface area contributed by atoms with Gasteiger partial charge in [0.05, 0.1) is 32.9 Å². The van der Waals surface area contributed by atoms with Gasteiger partial charge in [-0.3, -0.25) is 14.1 Å². The Morgan fingerprint density at radius 1 is 0.966 bits per heavy atom. The van der Waals surface area contributed by atoms with Crippen LogP contribution < -0.4 is 9.62 Å². The molecule has 150 valence electrons. The van der Waals surface area contributed by atoms with Gasteiger partial charge in [-0.2, -0.15) is 0 Å². The summed E-state index contributed by atoms with van der Waals surface area (Å²) in [5, 5.41) is 3.15. The number of anilines is 1. The first kappa shape index (κ1) is 21.1. The largest absolute Gasteiger partial charge is 0.349 e. The molecule has 0 radical (unpaired) electrons. The summed E-state index contributed by atoms with van der Waals surface area (Å²) in [5.41, 5.74) is 0.893. The Kier molecular flexibility index (Phi) is 6.74. The molecule has 0 fully saturated rings. The van der Waals surface area contributed by atoms with Gasteiger partial charge in [-0.05, 0) is 42.5 Å². The third-order valence-corrected chi connectivity index (χ3v) is 6.53. The fraction of sp³-hybridized carbons (Fsp3) is 0.100. The lowest BCUT2D eigenvalue weighted by Gasteiger charge is -2.24. The molecule has 0 saturated carbocycles. The van der Waals surface area contributed by atoms with Crippen LogP contribution in [0.1, 0.15) is 5.69 Å². The van der Waals surface area contributed by atoms with Crippen molar-refractivity contribution in [3.63, 3.8) is 0 Å². The smallest absolute Gasteiger partial charge is 0.264 e. The highest BCUT2D eigenvalue weighted by atomic mass is 35.5. The van der Waals surface area contributed by atoms with Gasteiger partial charge in [0.25, 0.3) is 10.0 Å². The summed E-state index contributed by atoms with van der Waals surface area (Å²) in [6.45, 7) is -0.248. The number of pyridine rings is 1. The maximum atomic E-state index is 13.2. The first-order chi connectivity index (χ1) is 13.9. The van der Waals surface area contributed by atoms with Crippen LogP contribution in [-0.4, -0.2) is 25.9 Å². The van der Waals surface area contributed by atoms with Crippen LogP contribution in [-0.2, 0) is 21.4 Å². The fourth-order valence-electron chi connectivity index (χ4n) is 2.55. The molecule has 0 saturated heterocycles. The summed E-state index contributed by atoms with van der Waals surface area (Å²) >= 11 is 12.0. The van der Waals surface area contributed by atoms with Crippen molar-refractivity contribution in [2.24, 2.45) is 0 Å². The van der Waals surface area contributed by atoms with Gasteiger partial charge < -0.3 is 5.32 Å². The maximum Gasteiger partial charge on any atom is 0.264 e. The molecule has 0 aliphatic heterocycles. The number of hydrogen-bond donors (Lipinski definition) is 1. The lowest BCUT2D eigenvalue weighted by Crippen LogP contribution is -2.40. The quantitative estimate of drug-likeness (QED) is 0.592. The van der Waals surface area contributed by atoms with E-state index in [1.165, 1.54) is 30.3 Å². The van der Waals surface area contributed by atoms with Crippen molar-refractivity contribution >= 4 is 44.8 Å². The van der Waals surface area contributed by atoms with Crippen molar-refractivity contribution in [1.82, 2.24) is 10.3 Å². The van der Waals surface area contributed by atoms with E-state index in [1.54, 1.807) is 42.6 Å². The molecule has 1 aromatic heterocycles. The van der Waals surface area contributed by atoms with Crippen LogP contribution in [0.25, 0.3) is 0 Å². The molecule has 1 amide bonds. The van der Waals surface area contributed by atoms with Gasteiger partial charge in [0, 0.05) is 6.20 Å². The van der Waals surface area contributed by atoms with Crippen LogP contribution in [0.4, 0.5) is 5.69 Å². The lowest BCUT2D eigenvalue weighted by atomic mass is 10.3. The summed E-state index contributed by atoms with van der Waals surface area (Å²) in [4.78, 5) is 16.7. The van der Waals surface area contributed by atoms with Gasteiger partial charge in [-0.25, -0.2) is 8.42 Å². The second kappa shape index (κ2) is 9.26. The van der Waals surface area contributed by atoms with E-state index in [2.05, 4.69) is 10.3 Å². The predicted molar refractivity (Wildman–Crippen MR) is 114 cm³/mol. The number of benzene rings is 2. The molecule has 1 N–H and O–H groups in total. The molecular weight excluding hydrogens is 433 g/mol. The van der Waals surface area contributed by atoms with Gasteiger partial charge >= 0.3 is 0 Å². The van der Waals surface area contributed by atoms with Crippen LogP contribution in [0.5, 0.6) is 0 Å². The molecule has 3 aromatic rings. The van der Waals surface area contributed by atoms with Gasteiger partial charge in [-0.1, -0.05) is 47.5 Å². The number of carbonyl (C=O) groups is 1. The highest BCUT2D eigenvalue weighted by molar-refractivity contribution is 7.92. The molecule has 9 heteroatoms. The molecular formula is C20H17Cl2N3O3S. The highest BCUT2D eigenvalue weighted by Gasteiger charge is 2.27. The Morgan fingerprint density at radius 3 is 2.34 bits per heavy atom. The van der Waals surface area contributed by atoms with Crippen molar-refractivity contribution in [2.75, 3.05) is 10.8 Å². The van der Waals surface area contributed by atoms with Gasteiger partial charge in [0.15, 0.2) is 0 Å². The zero-order chi connectivity index (χ0) is 20.9. The summed E-state index contributed by atoms with van der Waals surface area (Å²) in [5.74, 6) is -0.485. The maximum absolute atomic E-state index is 13.2. The van der Waals surface area contributed by atoms with E-state index in [0.29, 0.717) is 5.69 Å². The Morgan fingerprint density at radius 2 is 1.69 bits per heavy atom. The van der Waals surface area contributed by atoms with Gasteiger partial charge in [0.2, 0.25) is 5.91 Å². The number of sulfonamides is 1. The van der Waals surface area contributed by atoms with E-state index in [9.17, 15) is 13.2 Å². The summed E-state index contributed by atoms with van der Waals surface area (Å²) in [6, 6.07) is 17.6. The van der Waals surface area contributed by atoms with Gasteiger partial charge in [0.1, 0.15) is 6.54 Å². The van der Waals surface area contributed by atoms with Crippen LogP contribution in [0, 0.1) is 0 Å². The topological polar surface area (TPSA) is 79.4 Å². The average Bonchev–Trinajstić information content (AvgIpc) is 2.74. The Labute approximate surface area is 179 Å². The monoisotopic (exact) mass is 449 g/mol. The Balaban J connectivity index is 1.88. The first-order valence-corrected chi connectivity index (χ1v) is 10.8. The minimum Gasteiger partial charge on any atom is -0.349 e. The van der Waals surface area contributed by atoms with E-state index in [4.69, 9.17) is 23.2 Å². The first-order valence-electron chi connectivity index (χ1n) is 8.57. The molecule has 0 aliphatic carbocycles. The van der Waals surface area contributed by atoms with E-state index in [1.807, 2.05) is 0 Å².